The Morgan fingerprint density at radius 1 is 1.36 bits per heavy atom. The van der Waals surface area contributed by atoms with Crippen molar-refractivity contribution in [2.75, 3.05) is 11.6 Å². The monoisotopic (exact) mass is 364 g/mol. The molecular formula is C15H16N4O5S. The Morgan fingerprint density at radius 3 is 2.64 bits per heavy atom. The van der Waals surface area contributed by atoms with E-state index in [4.69, 9.17) is 0 Å². The van der Waals surface area contributed by atoms with Crippen LogP contribution >= 0.6 is 11.3 Å². The molecule has 0 spiro atoms. The van der Waals surface area contributed by atoms with Crippen LogP contribution in [-0.2, 0) is 16.1 Å². The molecule has 9 nitrogen and oxygen atoms in total. The zero-order valence-electron chi connectivity index (χ0n) is 13.6. The molecule has 0 unspecified atom stereocenters. The van der Waals surface area contributed by atoms with Crippen LogP contribution in [0.4, 0.5) is 5.13 Å². The first-order chi connectivity index (χ1) is 11.9. The third kappa shape index (κ3) is 4.98. The van der Waals surface area contributed by atoms with Crippen LogP contribution in [0.25, 0.3) is 0 Å². The molecule has 2 rings (SSSR count). The van der Waals surface area contributed by atoms with Crippen molar-refractivity contribution in [1.82, 2.24) is 10.4 Å². The molecule has 0 saturated heterocycles. The fraction of sp³-hybridized carbons (Fsp3) is 0.267. The summed E-state index contributed by atoms with van der Waals surface area (Å²) in [6.07, 6.45) is 0.276. The zero-order chi connectivity index (χ0) is 18.4. The molecule has 0 aliphatic rings. The molecule has 1 aromatic heterocycles. The lowest BCUT2D eigenvalue weighted by atomic mass is 10.2. The summed E-state index contributed by atoms with van der Waals surface area (Å²) in [6.45, 7) is 2.90. The largest absolute Gasteiger partial charge is 0.314 e. The number of hydrazine groups is 1. The van der Waals surface area contributed by atoms with E-state index in [-0.39, 0.29) is 18.2 Å². The van der Waals surface area contributed by atoms with E-state index >= 15 is 0 Å². The molecule has 0 aliphatic carbocycles. The molecule has 0 atom stereocenters. The van der Waals surface area contributed by atoms with Crippen molar-refractivity contribution in [2.45, 2.75) is 20.3 Å². The maximum absolute atomic E-state index is 12.7. The number of rotatable bonds is 6. The second kappa shape index (κ2) is 8.20. The van der Waals surface area contributed by atoms with Gasteiger partial charge >= 0.3 is 0 Å². The molecule has 25 heavy (non-hydrogen) atoms. The highest BCUT2D eigenvalue weighted by Gasteiger charge is 2.23. The summed E-state index contributed by atoms with van der Waals surface area (Å²) in [6, 6.07) is 8.46. The zero-order valence-corrected chi connectivity index (χ0v) is 14.4. The molecule has 1 heterocycles. The van der Waals surface area contributed by atoms with E-state index in [1.54, 1.807) is 37.3 Å². The molecule has 0 saturated carbocycles. The van der Waals surface area contributed by atoms with Crippen LogP contribution in [0.5, 0.6) is 0 Å². The maximum atomic E-state index is 12.7. The average Bonchev–Trinajstić information content (AvgIpc) is 2.93. The topological polar surface area (TPSA) is 115 Å². The molecule has 132 valence electrons. The van der Waals surface area contributed by atoms with E-state index in [2.05, 4.69) is 15.2 Å². The first-order valence-electron chi connectivity index (χ1n) is 7.29. The molecule has 0 aliphatic heterocycles. The Labute approximate surface area is 147 Å². The lowest BCUT2D eigenvalue weighted by Crippen LogP contribution is -2.45. The highest BCUT2D eigenvalue weighted by atomic mass is 32.1. The maximum Gasteiger partial charge on any atom is 0.294 e. The van der Waals surface area contributed by atoms with Crippen LogP contribution in [0, 0.1) is 17.0 Å². The Morgan fingerprint density at radius 2 is 2.04 bits per heavy atom. The first kappa shape index (κ1) is 18.3. The van der Waals surface area contributed by atoms with E-state index in [0.717, 1.165) is 21.2 Å². The van der Waals surface area contributed by atoms with Gasteiger partial charge in [0, 0.05) is 23.8 Å². The van der Waals surface area contributed by atoms with Gasteiger partial charge in [-0.25, -0.2) is 4.98 Å². The standard InChI is InChI=1S/C15H16N4O5S/c1-10-13(8-9-24-19(22)23)25-15(16-10)18(17-11(2)20)14(21)12-6-4-3-5-7-12/h3-7H,8-9H2,1-2H3,(H,17,20). The van der Waals surface area contributed by atoms with Crippen molar-refractivity contribution in [3.63, 3.8) is 0 Å². The molecule has 1 aromatic carbocycles. The van der Waals surface area contributed by atoms with Gasteiger partial charge in [-0.2, -0.15) is 5.01 Å². The van der Waals surface area contributed by atoms with E-state index < -0.39 is 16.9 Å². The first-order valence-corrected chi connectivity index (χ1v) is 8.10. The van der Waals surface area contributed by atoms with Gasteiger partial charge in [0.05, 0.1) is 5.69 Å². The minimum absolute atomic E-state index is 0.109. The van der Waals surface area contributed by atoms with Gasteiger partial charge in [-0.05, 0) is 19.1 Å². The number of hydrogen-bond acceptors (Lipinski definition) is 7. The number of thiazole rings is 1. The SMILES string of the molecule is CC(=O)NN(C(=O)c1ccccc1)c1nc(C)c(CCO[N+](=O)[O-])s1. The Kier molecular flexibility index (Phi) is 6.01. The van der Waals surface area contributed by atoms with Crippen molar-refractivity contribution in [2.24, 2.45) is 0 Å². The highest BCUT2D eigenvalue weighted by molar-refractivity contribution is 7.15. The fourth-order valence-corrected chi connectivity index (χ4v) is 3.01. The fourth-order valence-electron chi connectivity index (χ4n) is 2.01. The Balaban J connectivity index is 2.24. The predicted octanol–water partition coefficient (Wildman–Crippen LogP) is 1.90. The molecule has 0 fully saturated rings. The summed E-state index contributed by atoms with van der Waals surface area (Å²) in [7, 11) is 0. The van der Waals surface area contributed by atoms with Crippen molar-refractivity contribution >= 4 is 28.3 Å². The van der Waals surface area contributed by atoms with Crippen molar-refractivity contribution in [1.29, 1.82) is 0 Å². The molecule has 2 amide bonds. The normalized spacial score (nSPS) is 10.2. The summed E-state index contributed by atoms with van der Waals surface area (Å²) < 4.78 is 0. The van der Waals surface area contributed by atoms with Crippen molar-refractivity contribution < 1.29 is 19.5 Å². The second-order valence-corrected chi connectivity index (χ2v) is 6.05. The summed E-state index contributed by atoms with van der Waals surface area (Å²) >= 11 is 1.16. The molecule has 1 N–H and O–H groups in total. The van der Waals surface area contributed by atoms with Crippen LogP contribution in [0.3, 0.4) is 0 Å². The third-order valence-electron chi connectivity index (χ3n) is 3.09. The van der Waals surface area contributed by atoms with Crippen molar-refractivity contribution in [3.8, 4) is 0 Å². The number of amides is 2. The van der Waals surface area contributed by atoms with Crippen molar-refractivity contribution in [3.05, 3.63) is 56.6 Å². The number of aromatic nitrogens is 1. The van der Waals surface area contributed by atoms with Crippen LogP contribution < -0.4 is 10.4 Å². The number of aryl methyl sites for hydroxylation is 1. The van der Waals surface area contributed by atoms with E-state index in [9.17, 15) is 19.7 Å². The molecule has 10 heteroatoms. The molecular weight excluding hydrogens is 348 g/mol. The average molecular weight is 364 g/mol. The number of nitrogens with zero attached hydrogens (tertiary/aromatic N) is 3. The van der Waals surface area contributed by atoms with Crippen LogP contribution in [0.2, 0.25) is 0 Å². The highest BCUT2D eigenvalue weighted by Crippen LogP contribution is 2.26. The second-order valence-electron chi connectivity index (χ2n) is 4.99. The molecule has 2 aromatic rings. The third-order valence-corrected chi connectivity index (χ3v) is 4.29. The van der Waals surface area contributed by atoms with Crippen LogP contribution in [0.1, 0.15) is 27.9 Å². The van der Waals surface area contributed by atoms with Gasteiger partial charge in [0.2, 0.25) is 11.0 Å². The lowest BCUT2D eigenvalue weighted by Gasteiger charge is -2.19. The van der Waals surface area contributed by atoms with Gasteiger partial charge in [-0.15, -0.1) is 10.1 Å². The minimum Gasteiger partial charge on any atom is -0.314 e. The van der Waals surface area contributed by atoms with E-state index in [0.29, 0.717) is 11.3 Å². The molecule has 0 bridgehead atoms. The number of benzene rings is 1. The van der Waals surface area contributed by atoms with E-state index in [1.165, 1.54) is 6.92 Å². The lowest BCUT2D eigenvalue weighted by molar-refractivity contribution is -0.757. The summed E-state index contributed by atoms with van der Waals surface area (Å²) in [5.41, 5.74) is 3.47. The smallest absolute Gasteiger partial charge is 0.294 e. The summed E-state index contributed by atoms with van der Waals surface area (Å²) in [4.78, 5) is 43.7. The molecule has 0 radical (unpaired) electrons. The van der Waals surface area contributed by atoms with Crippen LogP contribution in [-0.4, -0.2) is 28.5 Å². The number of anilines is 1. The predicted molar refractivity (Wildman–Crippen MR) is 90.6 cm³/mol. The number of nitrogens with one attached hydrogen (secondary N) is 1. The van der Waals surface area contributed by atoms with Gasteiger partial charge in [-0.1, -0.05) is 29.5 Å². The van der Waals surface area contributed by atoms with Gasteiger partial charge in [0.25, 0.3) is 11.0 Å². The van der Waals surface area contributed by atoms with Gasteiger partial charge < -0.3 is 4.84 Å². The number of hydrogen-bond donors (Lipinski definition) is 1. The quantitative estimate of drug-likeness (QED) is 0.618. The van der Waals surface area contributed by atoms with E-state index in [1.807, 2.05) is 0 Å². The minimum atomic E-state index is -0.861. The summed E-state index contributed by atoms with van der Waals surface area (Å²) in [5.74, 6) is -0.854. The van der Waals surface area contributed by atoms with Gasteiger partial charge in [0.15, 0.2) is 0 Å². The van der Waals surface area contributed by atoms with Gasteiger partial charge in [-0.3, -0.25) is 15.0 Å². The Bertz CT molecular complexity index is 777. The summed E-state index contributed by atoms with van der Waals surface area (Å²) in [5, 5.41) is 10.7. The number of carbonyl (C=O) groups is 2. The Hall–Kier alpha value is -3.01. The van der Waals surface area contributed by atoms with Gasteiger partial charge in [0.1, 0.15) is 6.61 Å². The van der Waals surface area contributed by atoms with Crippen LogP contribution in [0.15, 0.2) is 30.3 Å². The number of carbonyl (C=O) groups excluding carboxylic acids is 2.